The molecule has 0 fully saturated rings. The summed E-state index contributed by atoms with van der Waals surface area (Å²) < 4.78 is 10.5. The Labute approximate surface area is 92.1 Å². The predicted octanol–water partition coefficient (Wildman–Crippen LogP) is 2.26. The number of hydrogen-bond acceptors (Lipinski definition) is 3. The highest BCUT2D eigenvalue weighted by atomic mass is 32.2. The molecular formula is C9H22NO2PS. The van der Waals surface area contributed by atoms with Crippen LogP contribution < -0.4 is 0 Å². The number of rotatable bonds is 7. The van der Waals surface area contributed by atoms with Gasteiger partial charge in [-0.2, -0.15) is 11.8 Å². The maximum Gasteiger partial charge on any atom is 0.198 e. The molecule has 1 atom stereocenters. The minimum Gasteiger partial charge on any atom is -0.346 e. The molecule has 3 nitrogen and oxygen atoms in total. The van der Waals surface area contributed by atoms with E-state index < -0.39 is 8.03 Å². The fourth-order valence-electron chi connectivity index (χ4n) is 1.44. The molecule has 0 rings (SSSR count). The van der Waals surface area contributed by atoms with Crippen LogP contribution in [-0.4, -0.2) is 39.7 Å². The fraction of sp³-hybridized carbons (Fsp3) is 1.00. The van der Waals surface area contributed by atoms with Crippen molar-refractivity contribution in [2.24, 2.45) is 0 Å². The Morgan fingerprint density at radius 1 is 1.29 bits per heavy atom. The topological polar surface area (TPSA) is 40.5 Å². The van der Waals surface area contributed by atoms with Crippen molar-refractivity contribution >= 4 is 19.8 Å². The number of nitrogens with zero attached hydrogens (tertiary/aromatic N) is 1. The van der Waals surface area contributed by atoms with E-state index in [2.05, 4.69) is 32.6 Å². The highest BCUT2D eigenvalue weighted by molar-refractivity contribution is 8.03. The van der Waals surface area contributed by atoms with E-state index in [1.54, 1.807) is 11.8 Å². The Kier molecular flexibility index (Phi) is 8.02. The third kappa shape index (κ3) is 6.88. The largest absolute Gasteiger partial charge is 0.346 e. The molecule has 0 radical (unpaired) electrons. The molecule has 0 aliphatic rings. The van der Waals surface area contributed by atoms with Gasteiger partial charge in [-0.25, -0.2) is 0 Å². The lowest BCUT2D eigenvalue weighted by Crippen LogP contribution is -2.38. The Bertz CT molecular complexity index is 168. The van der Waals surface area contributed by atoms with Crippen LogP contribution in [0.15, 0.2) is 0 Å². The molecule has 0 aromatic rings. The molecule has 5 heteroatoms. The van der Waals surface area contributed by atoms with Crippen LogP contribution in [0.3, 0.4) is 0 Å². The third-order valence-electron chi connectivity index (χ3n) is 2.05. The van der Waals surface area contributed by atoms with Crippen LogP contribution in [0.1, 0.15) is 27.7 Å². The maximum atomic E-state index is 10.5. The van der Waals surface area contributed by atoms with E-state index in [0.29, 0.717) is 17.6 Å². The second-order valence-corrected chi connectivity index (χ2v) is 6.63. The van der Waals surface area contributed by atoms with Crippen molar-refractivity contribution in [1.82, 2.24) is 4.90 Å². The van der Waals surface area contributed by atoms with E-state index in [9.17, 15) is 4.57 Å². The molecule has 0 aliphatic heterocycles. The summed E-state index contributed by atoms with van der Waals surface area (Å²) in [5.41, 5.74) is 0.398. The maximum absolute atomic E-state index is 10.5. The van der Waals surface area contributed by atoms with Crippen molar-refractivity contribution in [3.8, 4) is 0 Å². The molecule has 0 aromatic carbocycles. The molecule has 86 valence electrons. The predicted molar refractivity (Wildman–Crippen MR) is 65.5 cm³/mol. The minimum absolute atomic E-state index is 0.398. The van der Waals surface area contributed by atoms with Crippen molar-refractivity contribution in [3.63, 3.8) is 0 Å². The van der Waals surface area contributed by atoms with E-state index in [-0.39, 0.29) is 0 Å². The third-order valence-corrected chi connectivity index (χ3v) is 4.32. The zero-order valence-corrected chi connectivity index (χ0v) is 11.3. The average Bonchev–Trinajstić information content (AvgIpc) is 2.01. The molecule has 0 spiro atoms. The van der Waals surface area contributed by atoms with Gasteiger partial charge in [0.05, 0.1) is 5.49 Å². The van der Waals surface area contributed by atoms with Gasteiger partial charge in [0.25, 0.3) is 0 Å². The normalized spacial score (nSPS) is 14.3. The monoisotopic (exact) mass is 239 g/mol. The summed E-state index contributed by atoms with van der Waals surface area (Å²) in [6, 6.07) is 1.09. The summed E-state index contributed by atoms with van der Waals surface area (Å²) in [5, 5.41) is 0. The van der Waals surface area contributed by atoms with Gasteiger partial charge in [-0.3, -0.25) is 9.46 Å². The van der Waals surface area contributed by atoms with Gasteiger partial charge >= 0.3 is 0 Å². The van der Waals surface area contributed by atoms with Crippen LogP contribution in [0.5, 0.6) is 0 Å². The molecule has 0 heterocycles. The lowest BCUT2D eigenvalue weighted by molar-refractivity contribution is 0.187. The van der Waals surface area contributed by atoms with Gasteiger partial charge in [0, 0.05) is 24.4 Å². The zero-order chi connectivity index (χ0) is 11.1. The molecular weight excluding hydrogens is 217 g/mol. The Morgan fingerprint density at radius 3 is 2.14 bits per heavy atom. The summed E-state index contributed by atoms with van der Waals surface area (Å²) in [7, 11) is -2.28. The zero-order valence-electron chi connectivity index (χ0n) is 9.49. The number of hydrogen-bond donors (Lipinski definition) is 1. The molecule has 0 saturated carbocycles. The first-order valence-electron chi connectivity index (χ1n) is 5.00. The summed E-state index contributed by atoms with van der Waals surface area (Å²) >= 11 is 1.57. The van der Waals surface area contributed by atoms with Crippen LogP contribution in [-0.2, 0) is 4.57 Å². The fourth-order valence-corrected chi connectivity index (χ4v) is 3.06. The second kappa shape index (κ2) is 7.75. The Balaban J connectivity index is 3.67. The van der Waals surface area contributed by atoms with Gasteiger partial charge < -0.3 is 4.89 Å². The van der Waals surface area contributed by atoms with Crippen LogP contribution >= 0.6 is 19.8 Å². The SMILES string of the molecule is CC(C)N(CCSC[PH](=O)O)C(C)C. The lowest BCUT2D eigenvalue weighted by Gasteiger charge is -2.30. The summed E-state index contributed by atoms with van der Waals surface area (Å²) in [5.74, 6) is 0.938. The first-order chi connectivity index (χ1) is 6.45. The van der Waals surface area contributed by atoms with Crippen molar-refractivity contribution < 1.29 is 9.46 Å². The molecule has 1 unspecified atom stereocenters. The molecule has 0 aromatic heterocycles. The molecule has 14 heavy (non-hydrogen) atoms. The van der Waals surface area contributed by atoms with Crippen molar-refractivity contribution in [2.75, 3.05) is 17.8 Å². The van der Waals surface area contributed by atoms with Gasteiger partial charge in [0.1, 0.15) is 0 Å². The molecule has 0 amide bonds. The van der Waals surface area contributed by atoms with E-state index in [1.807, 2.05) is 0 Å². The van der Waals surface area contributed by atoms with Gasteiger partial charge in [0.15, 0.2) is 8.03 Å². The second-order valence-electron chi connectivity index (χ2n) is 3.87. The lowest BCUT2D eigenvalue weighted by atomic mass is 10.2. The number of thioether (sulfide) groups is 1. The highest BCUT2D eigenvalue weighted by Crippen LogP contribution is 2.21. The van der Waals surface area contributed by atoms with Crippen molar-refractivity contribution in [3.05, 3.63) is 0 Å². The van der Waals surface area contributed by atoms with Crippen molar-refractivity contribution in [2.45, 2.75) is 39.8 Å². The molecule has 0 saturated heterocycles. The standard InChI is InChI=1S/C9H22NO2PS/c1-8(2)10(9(3)4)5-6-14-7-13(11)12/h8-9,13H,5-7H2,1-4H3,(H,11,12). The Hall–Kier alpha value is 0.500. The van der Waals surface area contributed by atoms with Crippen LogP contribution in [0, 0.1) is 0 Å². The van der Waals surface area contributed by atoms with E-state index in [4.69, 9.17) is 4.89 Å². The van der Waals surface area contributed by atoms with Crippen LogP contribution in [0.25, 0.3) is 0 Å². The smallest absolute Gasteiger partial charge is 0.198 e. The van der Waals surface area contributed by atoms with Crippen molar-refractivity contribution in [1.29, 1.82) is 0 Å². The van der Waals surface area contributed by atoms with Crippen LogP contribution in [0.4, 0.5) is 0 Å². The summed E-state index contributed by atoms with van der Waals surface area (Å²) in [4.78, 5) is 11.0. The quantitative estimate of drug-likeness (QED) is 0.546. The van der Waals surface area contributed by atoms with Gasteiger partial charge in [-0.05, 0) is 27.7 Å². The first kappa shape index (κ1) is 14.5. The summed E-state index contributed by atoms with van der Waals surface area (Å²) in [6.45, 7) is 9.72. The Morgan fingerprint density at radius 2 is 1.79 bits per heavy atom. The minimum atomic E-state index is -2.28. The van der Waals surface area contributed by atoms with Gasteiger partial charge in [-0.15, -0.1) is 0 Å². The molecule has 0 bridgehead atoms. The van der Waals surface area contributed by atoms with Gasteiger partial charge in [-0.1, -0.05) is 0 Å². The summed E-state index contributed by atoms with van der Waals surface area (Å²) in [6.07, 6.45) is 0. The van der Waals surface area contributed by atoms with Crippen LogP contribution in [0.2, 0.25) is 0 Å². The van der Waals surface area contributed by atoms with E-state index in [1.165, 1.54) is 0 Å². The average molecular weight is 239 g/mol. The first-order valence-corrected chi connectivity index (χ1v) is 7.72. The highest BCUT2D eigenvalue weighted by Gasteiger charge is 2.12. The molecule has 0 aliphatic carbocycles. The van der Waals surface area contributed by atoms with Gasteiger partial charge in [0.2, 0.25) is 0 Å². The van der Waals surface area contributed by atoms with E-state index in [0.717, 1.165) is 12.3 Å². The van der Waals surface area contributed by atoms with E-state index >= 15 is 0 Å². The molecule has 1 N–H and O–H groups in total.